The van der Waals surface area contributed by atoms with Gasteiger partial charge in [0.15, 0.2) is 0 Å². The molecule has 2 aromatic heterocycles. The zero-order valence-corrected chi connectivity index (χ0v) is 7.49. The second kappa shape index (κ2) is 2.48. The average Bonchev–Trinajstić information content (AvgIpc) is 2.59. The van der Waals surface area contributed by atoms with Crippen LogP contribution < -0.4 is 5.73 Å². The monoisotopic (exact) mass is 183 g/mol. The van der Waals surface area contributed by atoms with Crippen molar-refractivity contribution < 1.29 is 0 Å². The third-order valence-corrected chi connectivity index (χ3v) is 2.39. The molecule has 68 valence electrons. The van der Waals surface area contributed by atoms with Gasteiger partial charge in [-0.3, -0.25) is 0 Å². The first-order valence-electron chi connectivity index (χ1n) is 4.47. The Kier molecular flexibility index (Phi) is 1.31. The maximum Gasteiger partial charge on any atom is 0.124 e. The second-order valence-corrected chi connectivity index (χ2v) is 3.32. The molecule has 3 rings (SSSR count). The van der Waals surface area contributed by atoms with Gasteiger partial charge in [0.05, 0.1) is 5.52 Å². The van der Waals surface area contributed by atoms with E-state index in [9.17, 15) is 0 Å². The molecule has 3 nitrogen and oxygen atoms in total. The molecule has 0 saturated carbocycles. The molecule has 0 amide bonds. The van der Waals surface area contributed by atoms with Crippen LogP contribution in [0.4, 0.5) is 5.82 Å². The molecule has 0 spiro atoms. The molecule has 0 unspecified atom stereocenters. The fraction of sp³-hybridized carbons (Fsp3) is 0. The summed E-state index contributed by atoms with van der Waals surface area (Å²) in [6, 6.07) is 9.96. The summed E-state index contributed by atoms with van der Waals surface area (Å²) in [6.45, 7) is 0. The van der Waals surface area contributed by atoms with E-state index in [1.807, 2.05) is 36.5 Å². The summed E-state index contributed by atoms with van der Waals surface area (Å²) in [5.41, 5.74) is 7.71. The highest BCUT2D eigenvalue weighted by Crippen LogP contribution is 2.24. The SMILES string of the molecule is Nc1cc2ccc3[nH]cccc3c2n1. The van der Waals surface area contributed by atoms with Gasteiger partial charge in [0.25, 0.3) is 0 Å². The van der Waals surface area contributed by atoms with Gasteiger partial charge in [-0.05, 0) is 24.3 Å². The van der Waals surface area contributed by atoms with Gasteiger partial charge in [-0.15, -0.1) is 0 Å². The number of hydrogen-bond donors (Lipinski definition) is 2. The standard InChI is InChI=1S/C11H9N3/c12-10-6-7-3-4-9-8(11(7)14-10)2-1-5-13-9/h1-6,13H,12H2. The van der Waals surface area contributed by atoms with E-state index in [-0.39, 0.29) is 0 Å². The Balaban J connectivity index is 2.60. The van der Waals surface area contributed by atoms with Crippen LogP contribution in [-0.4, -0.2) is 9.97 Å². The van der Waals surface area contributed by atoms with Crippen LogP contribution in [0.25, 0.3) is 21.8 Å². The van der Waals surface area contributed by atoms with Crippen LogP contribution in [0.1, 0.15) is 0 Å². The smallest absolute Gasteiger partial charge is 0.124 e. The van der Waals surface area contributed by atoms with Gasteiger partial charge in [0, 0.05) is 22.5 Å². The topological polar surface area (TPSA) is 54.7 Å². The molecule has 0 aliphatic rings. The largest absolute Gasteiger partial charge is 0.384 e. The summed E-state index contributed by atoms with van der Waals surface area (Å²) < 4.78 is 0. The van der Waals surface area contributed by atoms with Gasteiger partial charge in [-0.2, -0.15) is 0 Å². The molecule has 3 heteroatoms. The summed E-state index contributed by atoms with van der Waals surface area (Å²) in [7, 11) is 0. The van der Waals surface area contributed by atoms with Gasteiger partial charge in [-0.25, -0.2) is 4.98 Å². The molecular weight excluding hydrogens is 174 g/mol. The minimum Gasteiger partial charge on any atom is -0.384 e. The third-order valence-electron chi connectivity index (χ3n) is 2.39. The summed E-state index contributed by atoms with van der Waals surface area (Å²) in [6.07, 6.45) is 1.90. The molecule has 0 aliphatic carbocycles. The van der Waals surface area contributed by atoms with Gasteiger partial charge < -0.3 is 10.7 Å². The maximum atomic E-state index is 5.66. The maximum absolute atomic E-state index is 5.66. The van der Waals surface area contributed by atoms with Crippen molar-refractivity contribution in [3.63, 3.8) is 0 Å². The van der Waals surface area contributed by atoms with Crippen LogP contribution in [0.5, 0.6) is 0 Å². The lowest BCUT2D eigenvalue weighted by atomic mass is 10.1. The Morgan fingerprint density at radius 1 is 1.21 bits per heavy atom. The Morgan fingerprint density at radius 2 is 2.14 bits per heavy atom. The number of anilines is 1. The van der Waals surface area contributed by atoms with Crippen LogP contribution in [0.15, 0.2) is 36.5 Å². The summed E-state index contributed by atoms with van der Waals surface area (Å²) in [5, 5.41) is 2.20. The minimum atomic E-state index is 0.580. The third kappa shape index (κ3) is 0.893. The first-order valence-corrected chi connectivity index (χ1v) is 4.47. The number of nitrogen functional groups attached to an aromatic ring is 1. The van der Waals surface area contributed by atoms with Crippen molar-refractivity contribution >= 4 is 27.6 Å². The highest BCUT2D eigenvalue weighted by atomic mass is 14.8. The fourth-order valence-corrected chi connectivity index (χ4v) is 1.76. The van der Waals surface area contributed by atoms with Gasteiger partial charge in [0.2, 0.25) is 0 Å². The molecule has 0 aliphatic heterocycles. The predicted octanol–water partition coefficient (Wildman–Crippen LogP) is 2.30. The van der Waals surface area contributed by atoms with Gasteiger partial charge >= 0.3 is 0 Å². The molecule has 0 radical (unpaired) electrons. The van der Waals surface area contributed by atoms with Crippen molar-refractivity contribution in [3.8, 4) is 0 Å². The van der Waals surface area contributed by atoms with Crippen molar-refractivity contribution in [2.45, 2.75) is 0 Å². The van der Waals surface area contributed by atoms with E-state index in [1.165, 1.54) is 0 Å². The number of aromatic nitrogens is 2. The number of H-pyrrole nitrogens is 1. The Bertz CT molecular complexity index is 610. The normalized spacial score (nSPS) is 11.1. The van der Waals surface area contributed by atoms with Crippen LogP contribution in [0.2, 0.25) is 0 Å². The van der Waals surface area contributed by atoms with Crippen molar-refractivity contribution in [2.75, 3.05) is 5.73 Å². The number of nitrogens with one attached hydrogen (secondary N) is 1. The molecule has 0 bridgehead atoms. The lowest BCUT2D eigenvalue weighted by molar-refractivity contribution is 1.41. The molecule has 14 heavy (non-hydrogen) atoms. The molecule has 1 aromatic carbocycles. The van der Waals surface area contributed by atoms with E-state index in [4.69, 9.17) is 5.73 Å². The first-order chi connectivity index (χ1) is 6.84. The van der Waals surface area contributed by atoms with E-state index in [1.54, 1.807) is 0 Å². The first kappa shape index (κ1) is 7.38. The van der Waals surface area contributed by atoms with Crippen LogP contribution >= 0.6 is 0 Å². The molecule has 3 aromatic rings. The molecule has 0 saturated heterocycles. The zero-order chi connectivity index (χ0) is 9.54. The van der Waals surface area contributed by atoms with Crippen molar-refractivity contribution in [2.24, 2.45) is 0 Å². The second-order valence-electron chi connectivity index (χ2n) is 3.32. The molecular formula is C11H9N3. The Labute approximate surface area is 80.6 Å². The van der Waals surface area contributed by atoms with E-state index in [2.05, 4.69) is 9.97 Å². The average molecular weight is 183 g/mol. The van der Waals surface area contributed by atoms with Crippen LogP contribution in [-0.2, 0) is 0 Å². The number of benzene rings is 1. The molecule has 0 fully saturated rings. The lowest BCUT2D eigenvalue weighted by Gasteiger charge is -1.97. The summed E-state index contributed by atoms with van der Waals surface area (Å²) in [5.74, 6) is 0.580. The minimum absolute atomic E-state index is 0.580. The Hall–Kier alpha value is -2.03. The van der Waals surface area contributed by atoms with Crippen LogP contribution in [0, 0.1) is 0 Å². The van der Waals surface area contributed by atoms with Gasteiger partial charge in [0.1, 0.15) is 5.82 Å². The van der Waals surface area contributed by atoms with Crippen molar-refractivity contribution in [1.82, 2.24) is 9.97 Å². The number of hydrogen-bond acceptors (Lipinski definition) is 2. The van der Waals surface area contributed by atoms with Crippen LogP contribution in [0.3, 0.4) is 0 Å². The van der Waals surface area contributed by atoms with Crippen molar-refractivity contribution in [3.05, 3.63) is 36.5 Å². The fourth-order valence-electron chi connectivity index (χ4n) is 1.76. The number of fused-ring (bicyclic) bond motifs is 3. The van der Waals surface area contributed by atoms with E-state index in [0.717, 1.165) is 21.8 Å². The number of nitrogens with two attached hydrogens (primary N) is 1. The predicted molar refractivity (Wildman–Crippen MR) is 58.0 cm³/mol. The summed E-state index contributed by atoms with van der Waals surface area (Å²) >= 11 is 0. The molecule has 2 heterocycles. The molecule has 0 atom stereocenters. The highest BCUT2D eigenvalue weighted by molar-refractivity contribution is 6.05. The van der Waals surface area contributed by atoms with Gasteiger partial charge in [-0.1, -0.05) is 6.07 Å². The number of rotatable bonds is 0. The van der Waals surface area contributed by atoms with E-state index in [0.29, 0.717) is 5.82 Å². The lowest BCUT2D eigenvalue weighted by Crippen LogP contribution is -1.82. The zero-order valence-electron chi connectivity index (χ0n) is 7.49. The summed E-state index contributed by atoms with van der Waals surface area (Å²) in [4.78, 5) is 7.47. The number of aromatic amines is 1. The number of pyridine rings is 1. The van der Waals surface area contributed by atoms with E-state index >= 15 is 0 Å². The molecule has 3 N–H and O–H groups in total. The van der Waals surface area contributed by atoms with Crippen molar-refractivity contribution in [1.29, 1.82) is 0 Å². The van der Waals surface area contributed by atoms with E-state index < -0.39 is 0 Å². The number of nitrogens with zero attached hydrogens (tertiary/aromatic N) is 1. The highest BCUT2D eigenvalue weighted by Gasteiger charge is 2.03. The quantitative estimate of drug-likeness (QED) is 0.561. The Morgan fingerprint density at radius 3 is 3.07 bits per heavy atom.